The van der Waals surface area contributed by atoms with E-state index in [1.54, 1.807) is 0 Å². The van der Waals surface area contributed by atoms with Crippen molar-refractivity contribution in [1.29, 1.82) is 0 Å². The fourth-order valence-electron chi connectivity index (χ4n) is 3.42. The molecule has 0 fully saturated rings. The maximum Gasteiger partial charge on any atom is 0.143 e. The molecule has 134 valence electrons. The topological polar surface area (TPSA) is 22.0 Å². The van der Waals surface area contributed by atoms with Crippen molar-refractivity contribution < 1.29 is 4.79 Å². The van der Waals surface area contributed by atoms with Gasteiger partial charge in [-0.2, -0.15) is 0 Å². The van der Waals surface area contributed by atoms with Gasteiger partial charge in [0, 0.05) is 29.9 Å². The van der Waals surface area contributed by atoms with Gasteiger partial charge in [-0.05, 0) is 49.1 Å². The summed E-state index contributed by atoms with van der Waals surface area (Å²) in [6.07, 6.45) is 5.01. The fraction of sp³-hybridized carbons (Fsp3) is 0.292. The first-order valence-corrected chi connectivity index (χ1v) is 9.29. The van der Waals surface area contributed by atoms with Gasteiger partial charge in [0.05, 0.1) is 0 Å². The van der Waals surface area contributed by atoms with Crippen LogP contribution in [-0.4, -0.2) is 10.4 Å². The number of Topliss-reactive ketones (excluding diaryl/α,β-unsaturated/α-hetero) is 1. The number of hydrogen-bond donors (Lipinski definition) is 0. The minimum absolute atomic E-state index is 0.0193. The Morgan fingerprint density at radius 3 is 2.19 bits per heavy atom. The predicted octanol–water partition coefficient (Wildman–Crippen LogP) is 5.65. The number of benzene rings is 2. The van der Waals surface area contributed by atoms with Crippen molar-refractivity contribution in [1.82, 2.24) is 4.57 Å². The summed E-state index contributed by atoms with van der Waals surface area (Å²) in [6, 6.07) is 18.8. The lowest BCUT2D eigenvalue weighted by Gasteiger charge is -2.18. The third kappa shape index (κ3) is 3.96. The van der Waals surface area contributed by atoms with Gasteiger partial charge in [-0.15, -0.1) is 0 Å². The summed E-state index contributed by atoms with van der Waals surface area (Å²) in [4.78, 5) is 13.0. The van der Waals surface area contributed by atoms with Crippen LogP contribution in [0.5, 0.6) is 0 Å². The van der Waals surface area contributed by atoms with Gasteiger partial charge in [0.2, 0.25) is 0 Å². The van der Waals surface area contributed by atoms with E-state index < -0.39 is 0 Å². The summed E-state index contributed by atoms with van der Waals surface area (Å²) < 4.78 is 2.13. The zero-order valence-corrected chi connectivity index (χ0v) is 16.1. The smallest absolute Gasteiger partial charge is 0.143 e. The maximum absolute atomic E-state index is 13.0. The molecule has 1 heterocycles. The zero-order chi connectivity index (χ0) is 18.7. The van der Waals surface area contributed by atoms with Gasteiger partial charge in [-0.1, -0.05) is 61.9 Å². The standard InChI is InChI=1S/C24H27NO/c1-17(2)24(26)22(14-20-8-6-5-7-9-20)23-16-25(15-19(23)4)21-12-10-18(3)11-13-21/h5-13,15-17,22H,14H2,1-4H3. The number of nitrogens with zero attached hydrogens (tertiary/aromatic N) is 1. The molecule has 2 nitrogen and oxygen atoms in total. The average Bonchev–Trinajstić information content (AvgIpc) is 3.02. The Morgan fingerprint density at radius 1 is 0.923 bits per heavy atom. The molecule has 3 rings (SSSR count). The molecule has 2 aromatic carbocycles. The van der Waals surface area contributed by atoms with E-state index >= 15 is 0 Å². The van der Waals surface area contributed by atoms with Crippen LogP contribution in [0.25, 0.3) is 5.69 Å². The Kier molecular flexibility index (Phi) is 5.41. The molecule has 0 aliphatic rings. The summed E-state index contributed by atoms with van der Waals surface area (Å²) in [7, 11) is 0. The van der Waals surface area contributed by atoms with Gasteiger partial charge in [-0.25, -0.2) is 0 Å². The molecule has 0 saturated heterocycles. The van der Waals surface area contributed by atoms with Gasteiger partial charge < -0.3 is 4.57 Å². The lowest BCUT2D eigenvalue weighted by molar-refractivity contribution is -0.123. The predicted molar refractivity (Wildman–Crippen MR) is 108 cm³/mol. The molecule has 0 amide bonds. The fourth-order valence-corrected chi connectivity index (χ4v) is 3.42. The monoisotopic (exact) mass is 345 g/mol. The molecule has 0 radical (unpaired) electrons. The second-order valence-electron chi connectivity index (χ2n) is 7.44. The third-order valence-electron chi connectivity index (χ3n) is 4.97. The van der Waals surface area contributed by atoms with Crippen LogP contribution in [0.1, 0.15) is 42.0 Å². The summed E-state index contributed by atoms with van der Waals surface area (Å²) in [5.41, 5.74) is 5.87. The summed E-state index contributed by atoms with van der Waals surface area (Å²) >= 11 is 0. The molecule has 0 saturated carbocycles. The molecule has 0 bridgehead atoms. The zero-order valence-electron chi connectivity index (χ0n) is 16.1. The highest BCUT2D eigenvalue weighted by atomic mass is 16.1. The van der Waals surface area contributed by atoms with E-state index in [2.05, 4.69) is 67.2 Å². The first kappa shape index (κ1) is 18.2. The van der Waals surface area contributed by atoms with Crippen molar-refractivity contribution in [2.45, 2.75) is 40.0 Å². The lowest BCUT2D eigenvalue weighted by Crippen LogP contribution is -2.20. The minimum Gasteiger partial charge on any atom is -0.323 e. The van der Waals surface area contributed by atoms with E-state index in [0.29, 0.717) is 5.78 Å². The maximum atomic E-state index is 13.0. The van der Waals surface area contributed by atoms with E-state index in [9.17, 15) is 4.79 Å². The van der Waals surface area contributed by atoms with Gasteiger partial charge >= 0.3 is 0 Å². The van der Waals surface area contributed by atoms with Crippen LogP contribution in [0.4, 0.5) is 0 Å². The van der Waals surface area contributed by atoms with E-state index in [1.165, 1.54) is 16.7 Å². The highest BCUT2D eigenvalue weighted by molar-refractivity contribution is 5.88. The number of carbonyl (C=O) groups excluding carboxylic acids is 1. The first-order valence-electron chi connectivity index (χ1n) is 9.29. The van der Waals surface area contributed by atoms with Crippen LogP contribution in [0.15, 0.2) is 67.0 Å². The molecule has 0 aliphatic heterocycles. The highest BCUT2D eigenvalue weighted by Gasteiger charge is 2.26. The van der Waals surface area contributed by atoms with Crippen molar-refractivity contribution in [3.8, 4) is 5.69 Å². The molecule has 2 heteroatoms. The molecular formula is C24H27NO. The molecule has 0 spiro atoms. The average molecular weight is 345 g/mol. The van der Waals surface area contributed by atoms with Crippen LogP contribution < -0.4 is 0 Å². The summed E-state index contributed by atoms with van der Waals surface area (Å²) in [6.45, 7) is 8.18. The molecule has 1 atom stereocenters. The van der Waals surface area contributed by atoms with E-state index in [0.717, 1.165) is 17.7 Å². The van der Waals surface area contributed by atoms with Crippen LogP contribution >= 0.6 is 0 Å². The quantitative estimate of drug-likeness (QED) is 0.566. The van der Waals surface area contributed by atoms with Crippen molar-refractivity contribution in [3.63, 3.8) is 0 Å². The molecule has 0 aliphatic carbocycles. The molecule has 3 aromatic rings. The van der Waals surface area contributed by atoms with Gasteiger partial charge in [0.1, 0.15) is 5.78 Å². The Morgan fingerprint density at radius 2 is 1.58 bits per heavy atom. The van der Waals surface area contributed by atoms with Crippen molar-refractivity contribution in [3.05, 3.63) is 89.2 Å². The number of ketones is 1. The Balaban J connectivity index is 1.98. The van der Waals surface area contributed by atoms with Crippen LogP contribution in [0.3, 0.4) is 0 Å². The Hall–Kier alpha value is -2.61. The number of aromatic nitrogens is 1. The lowest BCUT2D eigenvalue weighted by atomic mass is 9.84. The minimum atomic E-state index is -0.107. The number of rotatable bonds is 6. The molecular weight excluding hydrogens is 318 g/mol. The largest absolute Gasteiger partial charge is 0.323 e. The van der Waals surface area contributed by atoms with Crippen molar-refractivity contribution >= 4 is 5.78 Å². The number of aryl methyl sites for hydroxylation is 2. The first-order chi connectivity index (χ1) is 12.5. The molecule has 26 heavy (non-hydrogen) atoms. The van der Waals surface area contributed by atoms with E-state index in [1.807, 2.05) is 32.0 Å². The third-order valence-corrected chi connectivity index (χ3v) is 4.97. The summed E-state index contributed by atoms with van der Waals surface area (Å²) in [5, 5.41) is 0. The van der Waals surface area contributed by atoms with Gasteiger partial charge in [-0.3, -0.25) is 4.79 Å². The normalized spacial score (nSPS) is 12.3. The second kappa shape index (κ2) is 7.74. The molecule has 1 unspecified atom stereocenters. The second-order valence-corrected chi connectivity index (χ2v) is 7.44. The van der Waals surface area contributed by atoms with Crippen LogP contribution in [-0.2, 0) is 11.2 Å². The van der Waals surface area contributed by atoms with Gasteiger partial charge in [0.15, 0.2) is 0 Å². The Labute approximate surface area is 156 Å². The van der Waals surface area contributed by atoms with E-state index in [-0.39, 0.29) is 11.8 Å². The Bertz CT molecular complexity index is 872. The van der Waals surface area contributed by atoms with Crippen molar-refractivity contribution in [2.75, 3.05) is 0 Å². The molecule has 0 N–H and O–H groups in total. The SMILES string of the molecule is Cc1ccc(-n2cc(C)c(C(Cc3ccccc3)C(=O)C(C)C)c2)cc1. The van der Waals surface area contributed by atoms with Crippen molar-refractivity contribution in [2.24, 2.45) is 5.92 Å². The summed E-state index contributed by atoms with van der Waals surface area (Å²) in [5.74, 6) is 0.216. The number of carbonyl (C=O) groups is 1. The number of hydrogen-bond acceptors (Lipinski definition) is 1. The molecule has 1 aromatic heterocycles. The van der Waals surface area contributed by atoms with E-state index in [4.69, 9.17) is 0 Å². The highest BCUT2D eigenvalue weighted by Crippen LogP contribution is 2.29. The van der Waals surface area contributed by atoms with Crippen LogP contribution in [0.2, 0.25) is 0 Å². The van der Waals surface area contributed by atoms with Gasteiger partial charge in [0.25, 0.3) is 0 Å². The van der Waals surface area contributed by atoms with Crippen LogP contribution in [0, 0.1) is 19.8 Å².